The number of aliphatic imine (C=N–C) groups is 1. The van der Waals surface area contributed by atoms with E-state index in [1.54, 1.807) is 14.2 Å². The van der Waals surface area contributed by atoms with Gasteiger partial charge in [-0.3, -0.25) is 0 Å². The number of methoxy groups -OCH3 is 2. The lowest BCUT2D eigenvalue weighted by Gasteiger charge is -2.14. The smallest absolute Gasteiger partial charge is 0.191 e. The summed E-state index contributed by atoms with van der Waals surface area (Å²) >= 11 is 0. The van der Waals surface area contributed by atoms with Crippen LogP contribution in [0.15, 0.2) is 41.4 Å². The Bertz CT molecular complexity index is 862. The molecular formula is C25H38IN3O4. The van der Waals surface area contributed by atoms with Gasteiger partial charge in [0.05, 0.1) is 27.4 Å². The summed E-state index contributed by atoms with van der Waals surface area (Å²) in [5.41, 5.74) is 3.36. The maximum Gasteiger partial charge on any atom is 0.191 e. The molecule has 0 radical (unpaired) electrons. The van der Waals surface area contributed by atoms with Crippen molar-refractivity contribution in [1.29, 1.82) is 0 Å². The van der Waals surface area contributed by atoms with E-state index in [9.17, 15) is 0 Å². The molecule has 0 amide bonds. The number of nitrogens with one attached hydrogen (secondary N) is 2. The molecule has 0 atom stereocenters. The molecule has 0 bridgehead atoms. The number of benzene rings is 2. The molecule has 33 heavy (non-hydrogen) atoms. The average molecular weight is 572 g/mol. The average Bonchev–Trinajstić information content (AvgIpc) is 2.81. The Balaban J connectivity index is 0.00000544. The van der Waals surface area contributed by atoms with Gasteiger partial charge in [-0.05, 0) is 56.5 Å². The molecular weight excluding hydrogens is 533 g/mol. The molecule has 0 spiro atoms. The Morgan fingerprint density at radius 3 is 2.39 bits per heavy atom. The summed E-state index contributed by atoms with van der Waals surface area (Å²) in [6.45, 7) is 9.94. The zero-order valence-corrected chi connectivity index (χ0v) is 22.7. The van der Waals surface area contributed by atoms with Crippen LogP contribution in [0.3, 0.4) is 0 Å². The molecule has 8 heteroatoms. The SMILES string of the molecule is CCNC(=NCc1ccc(C)cc1OCCOCC)NCCc1ccc(OC)c(OC)c1.I. The molecule has 184 valence electrons. The van der Waals surface area contributed by atoms with Crippen LogP contribution in [0.1, 0.15) is 30.5 Å². The predicted octanol–water partition coefficient (Wildman–Crippen LogP) is 4.34. The van der Waals surface area contributed by atoms with Gasteiger partial charge in [0, 0.05) is 25.3 Å². The first-order chi connectivity index (χ1) is 15.6. The van der Waals surface area contributed by atoms with Gasteiger partial charge in [0.1, 0.15) is 12.4 Å². The van der Waals surface area contributed by atoms with Crippen molar-refractivity contribution in [2.45, 2.75) is 33.7 Å². The van der Waals surface area contributed by atoms with Crippen LogP contribution in [0.4, 0.5) is 0 Å². The number of aryl methyl sites for hydroxylation is 1. The van der Waals surface area contributed by atoms with Crippen LogP contribution in [-0.2, 0) is 17.7 Å². The van der Waals surface area contributed by atoms with Crippen molar-refractivity contribution in [3.8, 4) is 17.2 Å². The topological polar surface area (TPSA) is 73.3 Å². The molecule has 0 aliphatic heterocycles. The van der Waals surface area contributed by atoms with Crippen molar-refractivity contribution < 1.29 is 18.9 Å². The first-order valence-electron chi connectivity index (χ1n) is 11.1. The minimum Gasteiger partial charge on any atom is -0.493 e. The van der Waals surface area contributed by atoms with Gasteiger partial charge in [0.2, 0.25) is 0 Å². The van der Waals surface area contributed by atoms with Crippen LogP contribution >= 0.6 is 24.0 Å². The Morgan fingerprint density at radius 2 is 1.70 bits per heavy atom. The van der Waals surface area contributed by atoms with Gasteiger partial charge in [-0.15, -0.1) is 24.0 Å². The van der Waals surface area contributed by atoms with Crippen molar-refractivity contribution in [3.63, 3.8) is 0 Å². The number of guanidine groups is 1. The summed E-state index contributed by atoms with van der Waals surface area (Å²) < 4.78 is 22.0. The van der Waals surface area contributed by atoms with Crippen molar-refractivity contribution in [2.75, 3.05) is 47.1 Å². The zero-order valence-electron chi connectivity index (χ0n) is 20.4. The third kappa shape index (κ3) is 10.1. The van der Waals surface area contributed by atoms with Crippen molar-refractivity contribution >= 4 is 29.9 Å². The summed E-state index contributed by atoms with van der Waals surface area (Å²) in [6, 6.07) is 12.2. The van der Waals surface area contributed by atoms with Crippen LogP contribution in [0.5, 0.6) is 17.2 Å². The highest BCUT2D eigenvalue weighted by molar-refractivity contribution is 14.0. The highest BCUT2D eigenvalue weighted by Gasteiger charge is 2.07. The second-order valence-electron chi connectivity index (χ2n) is 7.22. The molecule has 2 rings (SSSR count). The fourth-order valence-corrected chi connectivity index (χ4v) is 3.15. The molecule has 0 heterocycles. The van der Waals surface area contributed by atoms with Crippen LogP contribution in [-0.4, -0.2) is 53.1 Å². The molecule has 2 aromatic carbocycles. The molecule has 0 saturated heterocycles. The Morgan fingerprint density at radius 1 is 0.909 bits per heavy atom. The van der Waals surface area contributed by atoms with E-state index in [0.717, 1.165) is 59.4 Å². The maximum atomic E-state index is 5.93. The minimum atomic E-state index is 0. The first-order valence-corrected chi connectivity index (χ1v) is 11.1. The number of halogens is 1. The molecule has 7 nitrogen and oxygen atoms in total. The fourth-order valence-electron chi connectivity index (χ4n) is 3.15. The molecule has 0 aliphatic carbocycles. The number of ether oxygens (including phenoxy) is 4. The molecule has 0 fully saturated rings. The van der Waals surface area contributed by atoms with Gasteiger partial charge in [0.15, 0.2) is 17.5 Å². The number of hydrogen-bond donors (Lipinski definition) is 2. The van der Waals surface area contributed by atoms with E-state index in [2.05, 4.69) is 36.6 Å². The highest BCUT2D eigenvalue weighted by Crippen LogP contribution is 2.27. The molecule has 2 aromatic rings. The summed E-state index contributed by atoms with van der Waals surface area (Å²) in [4.78, 5) is 4.75. The summed E-state index contributed by atoms with van der Waals surface area (Å²) in [5, 5.41) is 6.71. The molecule has 0 unspecified atom stereocenters. The van der Waals surface area contributed by atoms with Crippen LogP contribution in [0.2, 0.25) is 0 Å². The quantitative estimate of drug-likeness (QED) is 0.161. The van der Waals surface area contributed by atoms with Crippen LogP contribution in [0, 0.1) is 6.92 Å². The van der Waals surface area contributed by atoms with Crippen molar-refractivity contribution in [3.05, 3.63) is 53.1 Å². The standard InChI is InChI=1S/C25H37N3O4.HI/c1-6-26-25(27-13-12-20-9-11-22(29-4)24(17-20)30-5)28-18-21-10-8-19(3)16-23(21)32-15-14-31-7-2;/h8-11,16-17H,6-7,12-15,18H2,1-5H3,(H2,26,27,28);1H. The lowest BCUT2D eigenvalue weighted by atomic mass is 10.1. The van der Waals surface area contributed by atoms with Crippen molar-refractivity contribution in [2.24, 2.45) is 4.99 Å². The monoisotopic (exact) mass is 571 g/mol. The van der Waals surface area contributed by atoms with E-state index in [4.69, 9.17) is 23.9 Å². The second-order valence-corrected chi connectivity index (χ2v) is 7.22. The van der Waals surface area contributed by atoms with Crippen LogP contribution < -0.4 is 24.8 Å². The van der Waals surface area contributed by atoms with Gasteiger partial charge in [0.25, 0.3) is 0 Å². The van der Waals surface area contributed by atoms with E-state index in [-0.39, 0.29) is 24.0 Å². The lowest BCUT2D eigenvalue weighted by Crippen LogP contribution is -2.38. The molecule has 0 aromatic heterocycles. The lowest BCUT2D eigenvalue weighted by molar-refractivity contribution is 0.110. The molecule has 2 N–H and O–H groups in total. The Hall–Kier alpha value is -2.20. The summed E-state index contributed by atoms with van der Waals surface area (Å²) in [7, 11) is 3.29. The minimum absolute atomic E-state index is 0. The zero-order chi connectivity index (χ0) is 23.2. The largest absolute Gasteiger partial charge is 0.493 e. The van der Waals surface area contributed by atoms with E-state index >= 15 is 0 Å². The highest BCUT2D eigenvalue weighted by atomic mass is 127. The van der Waals surface area contributed by atoms with Crippen molar-refractivity contribution in [1.82, 2.24) is 10.6 Å². The number of hydrogen-bond acceptors (Lipinski definition) is 5. The van der Waals surface area contributed by atoms with Crippen LogP contribution in [0.25, 0.3) is 0 Å². The van der Waals surface area contributed by atoms with E-state index < -0.39 is 0 Å². The van der Waals surface area contributed by atoms with Gasteiger partial charge < -0.3 is 29.6 Å². The summed E-state index contributed by atoms with van der Waals surface area (Å²) in [6.07, 6.45) is 0.834. The molecule has 0 aliphatic rings. The number of nitrogens with zero attached hydrogens (tertiary/aromatic N) is 1. The van der Waals surface area contributed by atoms with E-state index in [1.165, 1.54) is 0 Å². The second kappa shape index (κ2) is 16.4. The van der Waals surface area contributed by atoms with E-state index in [1.807, 2.05) is 31.2 Å². The van der Waals surface area contributed by atoms with E-state index in [0.29, 0.717) is 26.4 Å². The third-order valence-electron chi connectivity index (χ3n) is 4.82. The van der Waals surface area contributed by atoms with Gasteiger partial charge in [-0.25, -0.2) is 4.99 Å². The van der Waals surface area contributed by atoms with Gasteiger partial charge in [-0.2, -0.15) is 0 Å². The number of rotatable bonds is 13. The predicted molar refractivity (Wildman–Crippen MR) is 145 cm³/mol. The Kier molecular flexibility index (Phi) is 14.3. The third-order valence-corrected chi connectivity index (χ3v) is 4.82. The van der Waals surface area contributed by atoms with Gasteiger partial charge >= 0.3 is 0 Å². The normalized spacial score (nSPS) is 10.9. The summed E-state index contributed by atoms with van der Waals surface area (Å²) in [5.74, 6) is 3.10. The van der Waals surface area contributed by atoms with Gasteiger partial charge in [-0.1, -0.05) is 18.2 Å². The Labute approximate surface area is 215 Å². The molecule has 0 saturated carbocycles. The maximum absolute atomic E-state index is 5.93. The first kappa shape index (κ1) is 28.8. The fraction of sp³-hybridized carbons (Fsp3) is 0.480.